The second-order valence-electron chi connectivity index (χ2n) is 31.5. The Hall–Kier alpha value is -4.07. The summed E-state index contributed by atoms with van der Waals surface area (Å²) in [5.41, 5.74) is -1.51. The second kappa shape index (κ2) is 26.3. The number of carbonyl (C=O) groups is 5. The van der Waals surface area contributed by atoms with E-state index in [1.54, 1.807) is 34.6 Å². The summed E-state index contributed by atoms with van der Waals surface area (Å²) < 4.78 is 28.8. The van der Waals surface area contributed by atoms with E-state index in [0.717, 1.165) is 94.3 Å². The Bertz CT molecular complexity index is 2540. The molecule has 0 spiro atoms. The van der Waals surface area contributed by atoms with E-state index >= 15 is 0 Å². The fourth-order valence-corrected chi connectivity index (χ4v) is 21.5. The van der Waals surface area contributed by atoms with Crippen molar-refractivity contribution in [1.82, 2.24) is 0 Å². The minimum absolute atomic E-state index is 0. The Labute approximate surface area is 524 Å². The van der Waals surface area contributed by atoms with Crippen molar-refractivity contribution >= 4 is 29.8 Å². The summed E-state index contributed by atoms with van der Waals surface area (Å²) in [6.45, 7) is 35.5. The monoisotopic (exact) mass is 1210 g/mol. The van der Waals surface area contributed by atoms with Crippen LogP contribution in [0.3, 0.4) is 0 Å². The van der Waals surface area contributed by atoms with Gasteiger partial charge in [-0.2, -0.15) is 0 Å². The molecule has 17 fully saturated rings. The highest BCUT2D eigenvalue weighted by Gasteiger charge is 2.66. The molecule has 490 valence electrons. The summed E-state index contributed by atoms with van der Waals surface area (Å²) in [6.07, 6.45) is 28.4. The zero-order valence-electron chi connectivity index (χ0n) is 53.7. The molecular formula is C74H116O13. The first-order valence-electron chi connectivity index (χ1n) is 33.3. The van der Waals surface area contributed by atoms with Crippen LogP contribution >= 0.6 is 0 Å². The predicted molar refractivity (Wildman–Crippen MR) is 340 cm³/mol. The number of carbonyl (C=O) groups excluding carboxylic acids is 5. The van der Waals surface area contributed by atoms with Gasteiger partial charge in [-0.05, 0) is 260 Å². The molecule has 16 bridgehead atoms. The van der Waals surface area contributed by atoms with Gasteiger partial charge in [0.15, 0.2) is 0 Å². The molecule has 0 aromatic rings. The van der Waals surface area contributed by atoms with Gasteiger partial charge in [0.05, 0.1) is 16.8 Å². The molecule has 13 nitrogen and oxygen atoms in total. The van der Waals surface area contributed by atoms with Gasteiger partial charge in [-0.1, -0.05) is 75.4 Å². The van der Waals surface area contributed by atoms with Crippen molar-refractivity contribution in [2.75, 3.05) is 0 Å². The molecule has 13 heteroatoms. The molecule has 0 saturated heterocycles. The van der Waals surface area contributed by atoms with Crippen molar-refractivity contribution in [3.8, 4) is 0 Å². The second-order valence-corrected chi connectivity index (χ2v) is 31.5. The quantitative estimate of drug-likeness (QED) is 0.0897. The number of aliphatic hydroxyl groups is 3. The number of esters is 5. The van der Waals surface area contributed by atoms with Crippen LogP contribution in [-0.2, 0) is 47.7 Å². The van der Waals surface area contributed by atoms with Crippen molar-refractivity contribution in [3.63, 3.8) is 0 Å². The van der Waals surface area contributed by atoms with Gasteiger partial charge in [-0.3, -0.25) is 0 Å². The highest BCUT2D eigenvalue weighted by atomic mass is 16.6. The lowest BCUT2D eigenvalue weighted by Gasteiger charge is -2.62. The van der Waals surface area contributed by atoms with Crippen LogP contribution in [0.5, 0.6) is 0 Å². The van der Waals surface area contributed by atoms with Gasteiger partial charge in [0.1, 0.15) is 28.0 Å². The highest BCUT2D eigenvalue weighted by Crippen LogP contribution is 2.64. The zero-order chi connectivity index (χ0) is 62.0. The largest absolute Gasteiger partial charge is 0.456 e. The third-order valence-corrected chi connectivity index (χ3v) is 23.7. The van der Waals surface area contributed by atoms with E-state index in [1.807, 2.05) is 0 Å². The SMILES string of the molecule is C.C.C=C(C)C(=O)OC1(C(C)C)C2CC3CC(C2)CC1C3.C=C(C)C(=O)OC1(CC)C2CC3CC(C2)CC1C3.C=C(C)C(=O)OC1(CC)CCCC1.C=C(C)C(=O)OC12CC3CC(CC(O)(C3)C1)C2.C=C(C)C(=O)OC12CC3CC(O)(CC(O)(C3)C1)C2. The summed E-state index contributed by atoms with van der Waals surface area (Å²) in [4.78, 5) is 58.9. The summed E-state index contributed by atoms with van der Waals surface area (Å²) in [6, 6.07) is 0. The van der Waals surface area contributed by atoms with Crippen LogP contribution in [0.25, 0.3) is 0 Å². The summed E-state index contributed by atoms with van der Waals surface area (Å²) >= 11 is 0. The molecule has 0 aromatic heterocycles. The van der Waals surface area contributed by atoms with E-state index in [9.17, 15) is 39.3 Å². The summed E-state index contributed by atoms with van der Waals surface area (Å²) in [5, 5.41) is 31.5. The van der Waals surface area contributed by atoms with Crippen LogP contribution < -0.4 is 0 Å². The fraction of sp³-hybridized carbons (Fsp3) is 0.797. The topological polar surface area (TPSA) is 192 Å². The highest BCUT2D eigenvalue weighted by molar-refractivity contribution is 5.89. The first kappa shape index (κ1) is 70.4. The van der Waals surface area contributed by atoms with Crippen molar-refractivity contribution in [2.24, 2.45) is 71.0 Å². The van der Waals surface area contributed by atoms with Gasteiger partial charge in [0.2, 0.25) is 0 Å². The molecule has 17 aliphatic rings. The van der Waals surface area contributed by atoms with Gasteiger partial charge < -0.3 is 39.0 Å². The van der Waals surface area contributed by atoms with Crippen LogP contribution in [0.2, 0.25) is 0 Å². The minimum Gasteiger partial charge on any atom is -0.456 e. The van der Waals surface area contributed by atoms with Gasteiger partial charge in [0.25, 0.3) is 0 Å². The van der Waals surface area contributed by atoms with Gasteiger partial charge in [-0.25, -0.2) is 24.0 Å². The molecule has 0 aliphatic heterocycles. The molecule has 0 aromatic carbocycles. The van der Waals surface area contributed by atoms with Crippen LogP contribution in [0.4, 0.5) is 0 Å². The molecular weight excluding hydrogens is 1100 g/mol. The van der Waals surface area contributed by atoms with Crippen molar-refractivity contribution in [1.29, 1.82) is 0 Å². The van der Waals surface area contributed by atoms with E-state index in [1.165, 1.54) is 83.5 Å². The molecule has 17 rings (SSSR count). The van der Waals surface area contributed by atoms with Crippen molar-refractivity contribution in [2.45, 2.75) is 302 Å². The molecule has 17 aliphatic carbocycles. The molecule has 17 saturated carbocycles. The van der Waals surface area contributed by atoms with Crippen molar-refractivity contribution in [3.05, 3.63) is 60.8 Å². The Morgan fingerprint density at radius 3 is 1.10 bits per heavy atom. The lowest BCUT2D eigenvalue weighted by molar-refractivity contribution is -0.260. The summed E-state index contributed by atoms with van der Waals surface area (Å²) in [7, 11) is 0. The van der Waals surface area contributed by atoms with Crippen LogP contribution in [0.15, 0.2) is 60.8 Å². The third-order valence-electron chi connectivity index (χ3n) is 23.7. The maximum atomic E-state index is 12.1. The minimum atomic E-state index is -0.858. The van der Waals surface area contributed by atoms with E-state index in [0.29, 0.717) is 95.0 Å². The number of hydrogen-bond acceptors (Lipinski definition) is 13. The average molecular weight is 1210 g/mol. The first-order chi connectivity index (χ1) is 39.7. The average Bonchev–Trinajstić information content (AvgIpc) is 0.944. The fourth-order valence-electron chi connectivity index (χ4n) is 21.5. The molecule has 0 radical (unpaired) electrons. The van der Waals surface area contributed by atoms with Gasteiger partial charge in [0, 0.05) is 53.5 Å². The maximum absolute atomic E-state index is 12.1. The Morgan fingerprint density at radius 1 is 0.402 bits per heavy atom. The molecule has 4 atom stereocenters. The Morgan fingerprint density at radius 2 is 0.736 bits per heavy atom. The third kappa shape index (κ3) is 14.7. The predicted octanol–water partition coefficient (Wildman–Crippen LogP) is 15.3. The van der Waals surface area contributed by atoms with E-state index in [-0.39, 0.29) is 61.5 Å². The molecule has 87 heavy (non-hydrogen) atoms. The molecule has 0 amide bonds. The number of rotatable bonds is 13. The summed E-state index contributed by atoms with van der Waals surface area (Å²) in [5.74, 6) is 6.48. The lowest BCUT2D eigenvalue weighted by atomic mass is 9.47. The van der Waals surface area contributed by atoms with Crippen LogP contribution in [0, 0.1) is 71.0 Å². The van der Waals surface area contributed by atoms with Gasteiger partial charge >= 0.3 is 29.8 Å². The Balaban J connectivity index is 0.000000155. The number of ether oxygens (including phenoxy) is 5. The first-order valence-corrected chi connectivity index (χ1v) is 33.3. The lowest BCUT2D eigenvalue weighted by Crippen LogP contribution is -2.66. The molecule has 0 heterocycles. The van der Waals surface area contributed by atoms with E-state index < -0.39 is 34.0 Å². The van der Waals surface area contributed by atoms with Crippen LogP contribution in [0.1, 0.15) is 257 Å². The zero-order valence-corrected chi connectivity index (χ0v) is 53.7. The molecule has 4 unspecified atom stereocenters. The van der Waals surface area contributed by atoms with Crippen molar-refractivity contribution < 1.29 is 63.0 Å². The van der Waals surface area contributed by atoms with Gasteiger partial charge in [-0.15, -0.1) is 0 Å². The van der Waals surface area contributed by atoms with E-state index in [2.05, 4.69) is 60.6 Å². The Kier molecular flexibility index (Phi) is 21.3. The number of hydrogen-bond donors (Lipinski definition) is 3. The molecule has 3 N–H and O–H groups in total. The van der Waals surface area contributed by atoms with E-state index in [4.69, 9.17) is 23.7 Å². The smallest absolute Gasteiger partial charge is 0.333 e. The standard InChI is InChI=1S/C17H26O2.C16H24O2.C14H20O4.C14H20O3.C11H18O2.2CH4/c1-10(2)16(18)19-17(11(3)4)14-6-12-5-13(8-14)9-15(17)7-12;1-4-16(18-15(17)10(2)3)13-6-11-5-12(8-13)9-14(16)7-11;1-9(2)11(15)18-14-5-10-3-12(16,7-14)6-13(17,4-10)8-14;1-9(2)12(15)17-14-6-10-3-11(7-14)5-13(16,4-10)8-14;1-4-11(7-5-6-8-11)13-10(12)9(2)3;;/h11-15H,1,5-9H2,2-4H3;11-14H,2,4-9H2,1,3H3;10,16-17H,1,3-8H2,2H3;10-11,16H,1,3-8H2,2H3;2,4-8H2,1,3H3;2*1H4. The maximum Gasteiger partial charge on any atom is 0.333 e. The van der Waals surface area contributed by atoms with Crippen LogP contribution in [-0.4, -0.2) is 90.0 Å². The normalized spacial score (nSPS) is 41.1.